The highest BCUT2D eigenvalue weighted by atomic mass is 32.2. The minimum atomic E-state index is -3.83. The quantitative estimate of drug-likeness (QED) is 0.428. The summed E-state index contributed by atoms with van der Waals surface area (Å²) in [6.07, 6.45) is 0.654. The molecule has 180 valence electrons. The van der Waals surface area contributed by atoms with Gasteiger partial charge in [0, 0.05) is 19.6 Å². The van der Waals surface area contributed by atoms with Crippen molar-refractivity contribution >= 4 is 32.7 Å². The van der Waals surface area contributed by atoms with Crippen LogP contribution in [0.1, 0.15) is 21.7 Å². The van der Waals surface area contributed by atoms with Gasteiger partial charge >= 0.3 is 0 Å². The number of hydrogen-bond donors (Lipinski definition) is 1. The van der Waals surface area contributed by atoms with Gasteiger partial charge in [0.05, 0.1) is 34.3 Å². The number of hydrogen-bond acceptors (Lipinski definition) is 5. The number of amides is 1. The Morgan fingerprint density at radius 1 is 1.09 bits per heavy atom. The predicted molar refractivity (Wildman–Crippen MR) is 134 cm³/mol. The Balaban J connectivity index is 1.37. The average molecular weight is 491 g/mol. The van der Waals surface area contributed by atoms with E-state index in [4.69, 9.17) is 4.74 Å². The molecule has 1 aromatic heterocycles. The lowest BCUT2D eigenvalue weighted by atomic mass is 10.2. The van der Waals surface area contributed by atoms with Crippen molar-refractivity contribution in [1.29, 1.82) is 0 Å². The maximum atomic E-state index is 13.4. The topological polar surface area (TPSA) is 93.5 Å². The highest BCUT2D eigenvalue weighted by Crippen LogP contribution is 2.34. The third-order valence-electron chi connectivity index (χ3n) is 6.31. The van der Waals surface area contributed by atoms with E-state index in [1.165, 1.54) is 29.6 Å². The van der Waals surface area contributed by atoms with Crippen molar-refractivity contribution in [2.24, 2.45) is 0 Å². The lowest BCUT2D eigenvalue weighted by molar-refractivity contribution is 0.0949. The van der Waals surface area contributed by atoms with Crippen LogP contribution in [0.25, 0.3) is 11.0 Å². The molecule has 1 N–H and O–H groups in total. The molecule has 0 radical (unpaired) electrons. The molecule has 2 heterocycles. The van der Waals surface area contributed by atoms with Crippen LogP contribution in [0.3, 0.4) is 0 Å². The molecule has 0 fully saturated rings. The van der Waals surface area contributed by atoms with E-state index >= 15 is 0 Å². The SMILES string of the molecule is COc1ccc(S(=O)(=O)N2CCc3ccccc32)cc1C(=O)NCCn1c(C)nc2ccccc21. The average Bonchev–Trinajstić information content (AvgIpc) is 3.45. The lowest BCUT2D eigenvalue weighted by Gasteiger charge is -2.20. The summed E-state index contributed by atoms with van der Waals surface area (Å²) < 4.78 is 35.7. The van der Waals surface area contributed by atoms with Gasteiger partial charge in [-0.2, -0.15) is 0 Å². The number of anilines is 1. The third kappa shape index (κ3) is 4.12. The number of aromatic nitrogens is 2. The van der Waals surface area contributed by atoms with Crippen LogP contribution in [-0.2, 0) is 23.0 Å². The van der Waals surface area contributed by atoms with Gasteiger partial charge in [0.15, 0.2) is 0 Å². The van der Waals surface area contributed by atoms with Crippen LogP contribution >= 0.6 is 0 Å². The Morgan fingerprint density at radius 2 is 1.86 bits per heavy atom. The molecule has 3 aromatic carbocycles. The Bertz CT molecular complexity index is 1530. The first-order chi connectivity index (χ1) is 16.9. The molecule has 1 aliphatic rings. The smallest absolute Gasteiger partial charge is 0.264 e. The second-order valence-electron chi connectivity index (χ2n) is 8.37. The molecule has 0 aliphatic carbocycles. The van der Waals surface area contributed by atoms with Crippen molar-refractivity contribution in [3.63, 3.8) is 0 Å². The zero-order chi connectivity index (χ0) is 24.6. The lowest BCUT2D eigenvalue weighted by Crippen LogP contribution is -2.30. The molecule has 0 saturated heterocycles. The Hall–Kier alpha value is -3.85. The van der Waals surface area contributed by atoms with Crippen LogP contribution in [0.5, 0.6) is 5.75 Å². The number of carbonyl (C=O) groups excluding carboxylic acids is 1. The molecule has 1 aliphatic heterocycles. The van der Waals surface area contributed by atoms with Gasteiger partial charge in [0.25, 0.3) is 15.9 Å². The van der Waals surface area contributed by atoms with Gasteiger partial charge in [-0.05, 0) is 55.3 Å². The summed E-state index contributed by atoms with van der Waals surface area (Å²) in [5.41, 5.74) is 3.74. The highest BCUT2D eigenvalue weighted by Gasteiger charge is 2.31. The molecular weight excluding hydrogens is 464 g/mol. The first-order valence-corrected chi connectivity index (χ1v) is 12.8. The summed E-state index contributed by atoms with van der Waals surface area (Å²) in [5, 5.41) is 2.89. The van der Waals surface area contributed by atoms with E-state index in [0.717, 1.165) is 22.4 Å². The molecule has 0 spiro atoms. The summed E-state index contributed by atoms with van der Waals surface area (Å²) in [7, 11) is -2.38. The number of imidazole rings is 1. The fraction of sp³-hybridized carbons (Fsp3) is 0.231. The van der Waals surface area contributed by atoms with Gasteiger partial charge in [-0.3, -0.25) is 9.10 Å². The minimum absolute atomic E-state index is 0.0524. The van der Waals surface area contributed by atoms with Gasteiger partial charge < -0.3 is 14.6 Å². The summed E-state index contributed by atoms with van der Waals surface area (Å²) in [5.74, 6) is 0.771. The summed E-state index contributed by atoms with van der Waals surface area (Å²) in [6.45, 7) is 3.17. The third-order valence-corrected chi connectivity index (χ3v) is 8.12. The van der Waals surface area contributed by atoms with Gasteiger partial charge in [0.1, 0.15) is 11.6 Å². The van der Waals surface area contributed by atoms with Crippen molar-refractivity contribution < 1.29 is 17.9 Å². The number of benzene rings is 3. The Kier molecular flexibility index (Phi) is 5.94. The first kappa shape index (κ1) is 22.9. The number of carbonyl (C=O) groups is 1. The molecule has 0 bridgehead atoms. The summed E-state index contributed by atoms with van der Waals surface area (Å²) in [6, 6.07) is 19.7. The van der Waals surface area contributed by atoms with Gasteiger partial charge in [0.2, 0.25) is 0 Å². The van der Waals surface area contributed by atoms with Crippen LogP contribution < -0.4 is 14.4 Å². The number of fused-ring (bicyclic) bond motifs is 2. The van der Waals surface area contributed by atoms with E-state index in [2.05, 4.69) is 10.3 Å². The number of methoxy groups -OCH3 is 1. The van der Waals surface area contributed by atoms with Crippen molar-refractivity contribution in [3.05, 3.63) is 83.7 Å². The Morgan fingerprint density at radius 3 is 2.69 bits per heavy atom. The number of aryl methyl sites for hydroxylation is 1. The second-order valence-corrected chi connectivity index (χ2v) is 10.2. The number of sulfonamides is 1. The van der Waals surface area contributed by atoms with Crippen LogP contribution in [-0.4, -0.2) is 44.1 Å². The minimum Gasteiger partial charge on any atom is -0.496 e. The van der Waals surface area contributed by atoms with Crippen molar-refractivity contribution in [2.45, 2.75) is 24.8 Å². The highest BCUT2D eigenvalue weighted by molar-refractivity contribution is 7.92. The van der Waals surface area contributed by atoms with Crippen molar-refractivity contribution in [3.8, 4) is 5.75 Å². The fourth-order valence-electron chi connectivity index (χ4n) is 4.56. The first-order valence-electron chi connectivity index (χ1n) is 11.4. The number of nitrogens with one attached hydrogen (secondary N) is 1. The van der Waals surface area contributed by atoms with Crippen LogP contribution in [0.2, 0.25) is 0 Å². The molecular formula is C26H26N4O4S. The molecule has 8 nitrogen and oxygen atoms in total. The van der Waals surface area contributed by atoms with Gasteiger partial charge in [-0.1, -0.05) is 30.3 Å². The molecule has 4 aromatic rings. The van der Waals surface area contributed by atoms with E-state index < -0.39 is 15.9 Å². The number of para-hydroxylation sites is 3. The number of rotatable bonds is 7. The summed E-state index contributed by atoms with van der Waals surface area (Å²) in [4.78, 5) is 17.7. The van der Waals surface area contributed by atoms with Crippen LogP contribution in [0.15, 0.2) is 71.6 Å². The molecule has 0 saturated carbocycles. The van der Waals surface area contributed by atoms with E-state index in [9.17, 15) is 13.2 Å². The zero-order valence-corrected chi connectivity index (χ0v) is 20.4. The maximum absolute atomic E-state index is 13.4. The summed E-state index contributed by atoms with van der Waals surface area (Å²) >= 11 is 0. The molecule has 0 unspecified atom stereocenters. The number of ether oxygens (including phenoxy) is 1. The van der Waals surface area contributed by atoms with E-state index in [0.29, 0.717) is 37.5 Å². The van der Waals surface area contributed by atoms with Gasteiger partial charge in [-0.15, -0.1) is 0 Å². The van der Waals surface area contributed by atoms with E-state index in [1.54, 1.807) is 6.07 Å². The molecule has 9 heteroatoms. The van der Waals surface area contributed by atoms with E-state index in [1.807, 2.05) is 54.0 Å². The van der Waals surface area contributed by atoms with Crippen molar-refractivity contribution in [1.82, 2.24) is 14.9 Å². The maximum Gasteiger partial charge on any atom is 0.264 e. The normalized spacial score (nSPS) is 13.1. The fourth-order valence-corrected chi connectivity index (χ4v) is 6.09. The Labute approximate surface area is 204 Å². The molecule has 5 rings (SSSR count). The largest absolute Gasteiger partial charge is 0.496 e. The molecule has 35 heavy (non-hydrogen) atoms. The second kappa shape index (κ2) is 9.07. The molecule has 1 amide bonds. The van der Waals surface area contributed by atoms with Gasteiger partial charge in [-0.25, -0.2) is 13.4 Å². The van der Waals surface area contributed by atoms with Crippen LogP contribution in [0, 0.1) is 6.92 Å². The zero-order valence-electron chi connectivity index (χ0n) is 19.6. The van der Waals surface area contributed by atoms with E-state index in [-0.39, 0.29) is 10.5 Å². The van der Waals surface area contributed by atoms with Crippen LogP contribution in [0.4, 0.5) is 5.69 Å². The predicted octanol–water partition coefficient (Wildman–Crippen LogP) is 3.53. The number of nitrogens with zero attached hydrogens (tertiary/aromatic N) is 3. The van der Waals surface area contributed by atoms with Crippen molar-refractivity contribution in [2.75, 3.05) is 24.5 Å². The molecule has 0 atom stereocenters. The standard InChI is InChI=1S/C26H26N4O4S/c1-18-28-22-8-4-6-10-24(22)29(18)16-14-27-26(31)21-17-20(11-12-25(21)34-2)35(32,33)30-15-13-19-7-3-5-9-23(19)30/h3-12,17H,13-16H2,1-2H3,(H,27,31). The monoisotopic (exact) mass is 490 g/mol.